The molecule has 0 aromatic carbocycles. The molecule has 0 bridgehead atoms. The van der Waals surface area contributed by atoms with E-state index in [0.29, 0.717) is 0 Å². The van der Waals surface area contributed by atoms with E-state index in [1.54, 1.807) is 0 Å². The van der Waals surface area contributed by atoms with Crippen molar-refractivity contribution in [3.8, 4) is 0 Å². The quantitative estimate of drug-likeness (QED) is 0.733. The molecule has 14 heavy (non-hydrogen) atoms. The van der Waals surface area contributed by atoms with Gasteiger partial charge in [-0.1, -0.05) is 13.3 Å². The summed E-state index contributed by atoms with van der Waals surface area (Å²) in [6.45, 7) is 7.43. The fraction of sp³-hybridized carbons (Fsp3) is 1.00. The van der Waals surface area contributed by atoms with Crippen molar-refractivity contribution in [2.24, 2.45) is 17.8 Å². The minimum atomic E-state index is 0.783. The van der Waals surface area contributed by atoms with Gasteiger partial charge in [-0.2, -0.15) is 0 Å². The predicted octanol–water partition coefficient (Wildman–Crippen LogP) is 2.29. The van der Waals surface area contributed by atoms with E-state index in [-0.39, 0.29) is 0 Å². The van der Waals surface area contributed by atoms with Crippen molar-refractivity contribution in [2.45, 2.75) is 33.1 Å². The van der Waals surface area contributed by atoms with Crippen molar-refractivity contribution in [1.29, 1.82) is 0 Å². The van der Waals surface area contributed by atoms with Gasteiger partial charge in [-0.3, -0.25) is 0 Å². The number of rotatable bonds is 5. The van der Waals surface area contributed by atoms with Crippen molar-refractivity contribution in [1.82, 2.24) is 5.32 Å². The first-order valence-electron chi connectivity index (χ1n) is 6.00. The van der Waals surface area contributed by atoms with E-state index >= 15 is 0 Å². The topological polar surface area (TPSA) is 21.3 Å². The van der Waals surface area contributed by atoms with Crippen molar-refractivity contribution in [2.75, 3.05) is 26.8 Å². The molecule has 0 heterocycles. The molecule has 0 saturated heterocycles. The Labute approximate surface area is 88.4 Å². The molecule has 1 saturated carbocycles. The molecule has 1 aliphatic carbocycles. The van der Waals surface area contributed by atoms with Crippen LogP contribution in [0, 0.1) is 17.8 Å². The fourth-order valence-corrected chi connectivity index (χ4v) is 2.57. The molecule has 2 heteroatoms. The predicted molar refractivity (Wildman–Crippen MR) is 60.4 cm³/mol. The monoisotopic (exact) mass is 199 g/mol. The van der Waals surface area contributed by atoms with E-state index in [9.17, 15) is 0 Å². The van der Waals surface area contributed by atoms with Gasteiger partial charge in [-0.05, 0) is 51.1 Å². The maximum absolute atomic E-state index is 5.57. The summed E-state index contributed by atoms with van der Waals surface area (Å²) in [4.78, 5) is 0. The zero-order chi connectivity index (χ0) is 10.4. The van der Waals surface area contributed by atoms with E-state index in [0.717, 1.165) is 37.5 Å². The number of nitrogens with one attached hydrogen (secondary N) is 1. The first-order chi connectivity index (χ1) is 6.77. The second-order valence-corrected chi connectivity index (χ2v) is 4.66. The lowest BCUT2D eigenvalue weighted by Gasteiger charge is -2.34. The smallest absolute Gasteiger partial charge is 0.0497 e. The summed E-state index contributed by atoms with van der Waals surface area (Å²) in [5.41, 5.74) is 0. The average molecular weight is 199 g/mol. The van der Waals surface area contributed by atoms with Crippen LogP contribution in [0.25, 0.3) is 0 Å². The van der Waals surface area contributed by atoms with E-state index in [2.05, 4.69) is 26.2 Å². The van der Waals surface area contributed by atoms with Gasteiger partial charge in [0.15, 0.2) is 0 Å². The van der Waals surface area contributed by atoms with Gasteiger partial charge in [-0.25, -0.2) is 0 Å². The second kappa shape index (κ2) is 6.41. The Balaban J connectivity index is 2.37. The van der Waals surface area contributed by atoms with E-state index in [1.165, 1.54) is 19.3 Å². The van der Waals surface area contributed by atoms with Crippen molar-refractivity contribution < 1.29 is 4.74 Å². The first kappa shape index (κ1) is 12.0. The zero-order valence-corrected chi connectivity index (χ0v) is 9.88. The largest absolute Gasteiger partial charge is 0.381 e. The molecule has 84 valence electrons. The van der Waals surface area contributed by atoms with Gasteiger partial charge < -0.3 is 10.1 Å². The lowest BCUT2D eigenvalue weighted by atomic mass is 9.75. The van der Waals surface area contributed by atoms with Crippen LogP contribution < -0.4 is 5.32 Å². The average Bonchev–Trinajstić information content (AvgIpc) is 2.18. The van der Waals surface area contributed by atoms with Gasteiger partial charge in [0, 0.05) is 13.2 Å². The Morgan fingerprint density at radius 2 is 2.07 bits per heavy atom. The van der Waals surface area contributed by atoms with Crippen LogP contribution in [0.15, 0.2) is 0 Å². The molecule has 1 rings (SSSR count). The van der Waals surface area contributed by atoms with Crippen LogP contribution in [0.5, 0.6) is 0 Å². The van der Waals surface area contributed by atoms with Crippen molar-refractivity contribution >= 4 is 0 Å². The molecular weight excluding hydrogens is 174 g/mol. The Kier molecular flexibility index (Phi) is 5.49. The standard InChI is InChI=1S/C12H25NO/c1-4-14-9-12-7-10(2)5-6-11(12)8-13-3/h10-13H,4-9H2,1-3H3. The van der Waals surface area contributed by atoms with Gasteiger partial charge in [0.05, 0.1) is 0 Å². The highest BCUT2D eigenvalue weighted by atomic mass is 16.5. The van der Waals surface area contributed by atoms with Gasteiger partial charge in [0.1, 0.15) is 0 Å². The van der Waals surface area contributed by atoms with Crippen LogP contribution in [0.2, 0.25) is 0 Å². The highest BCUT2D eigenvalue weighted by Gasteiger charge is 2.27. The number of hydrogen-bond acceptors (Lipinski definition) is 2. The van der Waals surface area contributed by atoms with Gasteiger partial charge in [-0.15, -0.1) is 0 Å². The van der Waals surface area contributed by atoms with Crippen LogP contribution in [-0.4, -0.2) is 26.8 Å². The van der Waals surface area contributed by atoms with Gasteiger partial charge >= 0.3 is 0 Å². The van der Waals surface area contributed by atoms with Gasteiger partial charge in [0.25, 0.3) is 0 Å². The molecule has 3 atom stereocenters. The molecule has 3 unspecified atom stereocenters. The van der Waals surface area contributed by atoms with Crippen molar-refractivity contribution in [3.05, 3.63) is 0 Å². The highest BCUT2D eigenvalue weighted by molar-refractivity contribution is 4.79. The minimum absolute atomic E-state index is 0.783. The first-order valence-corrected chi connectivity index (χ1v) is 6.00. The SMILES string of the molecule is CCOCC1CC(C)CCC1CNC. The normalized spacial score (nSPS) is 33.2. The maximum atomic E-state index is 5.57. The molecule has 0 radical (unpaired) electrons. The molecule has 1 aliphatic rings. The van der Waals surface area contributed by atoms with Crippen LogP contribution in [0.3, 0.4) is 0 Å². The molecule has 2 nitrogen and oxygen atoms in total. The molecule has 0 spiro atoms. The zero-order valence-electron chi connectivity index (χ0n) is 9.88. The molecule has 0 aromatic heterocycles. The van der Waals surface area contributed by atoms with E-state index in [4.69, 9.17) is 4.74 Å². The van der Waals surface area contributed by atoms with Crippen LogP contribution in [0.1, 0.15) is 33.1 Å². The lowest BCUT2D eigenvalue weighted by Crippen LogP contribution is -2.33. The summed E-state index contributed by atoms with van der Waals surface area (Å²) in [6, 6.07) is 0. The Morgan fingerprint density at radius 1 is 1.29 bits per heavy atom. The van der Waals surface area contributed by atoms with E-state index < -0.39 is 0 Å². The summed E-state index contributed by atoms with van der Waals surface area (Å²) in [5, 5.41) is 3.30. The third kappa shape index (κ3) is 3.58. The third-order valence-electron chi connectivity index (χ3n) is 3.40. The van der Waals surface area contributed by atoms with Crippen LogP contribution in [-0.2, 0) is 4.74 Å². The molecule has 1 N–H and O–H groups in total. The summed E-state index contributed by atoms with van der Waals surface area (Å²) < 4.78 is 5.57. The summed E-state index contributed by atoms with van der Waals surface area (Å²) in [6.07, 6.45) is 4.13. The molecule has 1 fully saturated rings. The van der Waals surface area contributed by atoms with Crippen LogP contribution in [0.4, 0.5) is 0 Å². The lowest BCUT2D eigenvalue weighted by molar-refractivity contribution is 0.0540. The summed E-state index contributed by atoms with van der Waals surface area (Å²) >= 11 is 0. The molecule has 0 aliphatic heterocycles. The van der Waals surface area contributed by atoms with Crippen molar-refractivity contribution in [3.63, 3.8) is 0 Å². The number of ether oxygens (including phenoxy) is 1. The Morgan fingerprint density at radius 3 is 2.71 bits per heavy atom. The Bertz CT molecular complexity index is 149. The highest BCUT2D eigenvalue weighted by Crippen LogP contribution is 2.33. The third-order valence-corrected chi connectivity index (χ3v) is 3.40. The fourth-order valence-electron chi connectivity index (χ4n) is 2.57. The number of hydrogen-bond donors (Lipinski definition) is 1. The van der Waals surface area contributed by atoms with E-state index in [1.807, 2.05) is 0 Å². The minimum Gasteiger partial charge on any atom is -0.381 e. The second-order valence-electron chi connectivity index (χ2n) is 4.66. The molecule has 0 amide bonds. The molecule has 0 aromatic rings. The van der Waals surface area contributed by atoms with Crippen LogP contribution >= 0.6 is 0 Å². The molecular formula is C12H25NO. The maximum Gasteiger partial charge on any atom is 0.0497 e. The Hall–Kier alpha value is -0.0800. The summed E-state index contributed by atoms with van der Waals surface area (Å²) in [7, 11) is 2.05. The summed E-state index contributed by atoms with van der Waals surface area (Å²) in [5.74, 6) is 2.52. The van der Waals surface area contributed by atoms with Gasteiger partial charge in [0.2, 0.25) is 0 Å².